The molecule has 0 amide bonds. The number of aliphatic hydroxyl groups is 1. The van der Waals surface area contributed by atoms with Gasteiger partial charge in [0.05, 0.1) is 13.0 Å². The Morgan fingerprint density at radius 3 is 2.43 bits per heavy atom. The van der Waals surface area contributed by atoms with Gasteiger partial charge in [-0.15, -0.1) is 0 Å². The number of ether oxygens (including phenoxy) is 1. The minimum atomic E-state index is -1.44. The maximum atomic E-state index is 13.1. The highest BCUT2D eigenvalue weighted by molar-refractivity contribution is 5.93. The van der Waals surface area contributed by atoms with Crippen molar-refractivity contribution in [3.8, 4) is 0 Å². The Morgan fingerprint density at radius 1 is 1.14 bits per heavy atom. The molecule has 0 radical (unpaired) electrons. The van der Waals surface area contributed by atoms with Crippen LogP contribution in [-0.4, -0.2) is 42.0 Å². The fourth-order valence-corrected chi connectivity index (χ4v) is 5.07. The van der Waals surface area contributed by atoms with E-state index in [1.54, 1.807) is 0 Å². The summed E-state index contributed by atoms with van der Waals surface area (Å²) in [5, 5.41) is 11.9. The van der Waals surface area contributed by atoms with Crippen molar-refractivity contribution in [3.05, 3.63) is 71.8 Å². The van der Waals surface area contributed by atoms with E-state index < -0.39 is 22.9 Å². The van der Waals surface area contributed by atoms with Gasteiger partial charge >= 0.3 is 5.97 Å². The van der Waals surface area contributed by atoms with E-state index in [2.05, 4.69) is 4.90 Å². The third kappa shape index (κ3) is 2.77. The number of rotatable bonds is 4. The quantitative estimate of drug-likeness (QED) is 0.827. The van der Waals surface area contributed by atoms with Crippen LogP contribution in [0.1, 0.15) is 24.0 Å². The summed E-state index contributed by atoms with van der Waals surface area (Å²) in [7, 11) is 1.33. The van der Waals surface area contributed by atoms with E-state index in [0.717, 1.165) is 5.56 Å². The van der Waals surface area contributed by atoms with Gasteiger partial charge in [0.1, 0.15) is 16.8 Å². The minimum absolute atomic E-state index is 0.0292. The molecule has 2 aliphatic rings. The van der Waals surface area contributed by atoms with Crippen molar-refractivity contribution in [1.82, 2.24) is 4.90 Å². The first-order valence-corrected chi connectivity index (χ1v) is 9.66. The summed E-state index contributed by atoms with van der Waals surface area (Å²) < 4.78 is 5.18. The summed E-state index contributed by atoms with van der Waals surface area (Å²) in [6.07, 6.45) is 0.481. The van der Waals surface area contributed by atoms with Crippen molar-refractivity contribution in [2.24, 2.45) is 11.3 Å². The number of Topliss-reactive ketones (excluding diaryl/α,β-unsaturated/α-hetero) is 1. The van der Waals surface area contributed by atoms with Crippen LogP contribution in [-0.2, 0) is 26.5 Å². The maximum Gasteiger partial charge on any atom is 0.317 e. The second kappa shape index (κ2) is 7.15. The molecular weight excluding hydrogens is 354 g/mol. The molecule has 3 atom stereocenters. The lowest BCUT2D eigenvalue weighted by atomic mass is 9.56. The number of carbonyl (C=O) groups is 2. The van der Waals surface area contributed by atoms with Gasteiger partial charge in [0.15, 0.2) is 0 Å². The van der Waals surface area contributed by atoms with E-state index in [1.807, 2.05) is 60.7 Å². The molecule has 4 rings (SSSR count). The fraction of sp³-hybridized carbons (Fsp3) is 0.391. The number of likely N-dealkylation sites (tertiary alicyclic amines) is 1. The Kier molecular flexibility index (Phi) is 4.81. The Morgan fingerprint density at radius 2 is 1.79 bits per heavy atom. The van der Waals surface area contributed by atoms with Gasteiger partial charge in [-0.05, 0) is 17.5 Å². The molecule has 2 aromatic carbocycles. The summed E-state index contributed by atoms with van der Waals surface area (Å²) in [6.45, 7) is 1.35. The molecule has 1 aliphatic heterocycles. The summed E-state index contributed by atoms with van der Waals surface area (Å²) in [5.41, 5.74) is -0.963. The lowest BCUT2D eigenvalue weighted by Gasteiger charge is -2.48. The molecule has 146 valence electrons. The normalized spacial score (nSPS) is 30.1. The summed E-state index contributed by atoms with van der Waals surface area (Å²) in [6, 6.07) is 19.2. The Balaban J connectivity index is 1.78. The van der Waals surface area contributed by atoms with Gasteiger partial charge in [-0.1, -0.05) is 60.7 Å². The first kappa shape index (κ1) is 18.8. The smallest absolute Gasteiger partial charge is 0.317 e. The fourth-order valence-electron chi connectivity index (χ4n) is 5.07. The van der Waals surface area contributed by atoms with E-state index in [0.29, 0.717) is 18.7 Å². The molecule has 2 aromatic rings. The van der Waals surface area contributed by atoms with Crippen LogP contribution >= 0.6 is 0 Å². The average molecular weight is 379 g/mol. The number of hydrogen-bond donors (Lipinski definition) is 1. The maximum absolute atomic E-state index is 13.1. The average Bonchev–Trinajstić information content (AvgIpc) is 3.13. The van der Waals surface area contributed by atoms with Crippen molar-refractivity contribution in [1.29, 1.82) is 0 Å². The number of esters is 1. The zero-order valence-corrected chi connectivity index (χ0v) is 16.0. The van der Waals surface area contributed by atoms with Crippen molar-refractivity contribution in [3.63, 3.8) is 0 Å². The molecule has 2 fully saturated rings. The first-order chi connectivity index (χ1) is 13.5. The predicted molar refractivity (Wildman–Crippen MR) is 104 cm³/mol. The van der Waals surface area contributed by atoms with Crippen LogP contribution in [0.2, 0.25) is 0 Å². The number of nitrogens with zero attached hydrogens (tertiary/aromatic N) is 1. The number of carbonyl (C=O) groups excluding carboxylic acids is 2. The Bertz CT molecular complexity index is 869. The van der Waals surface area contributed by atoms with E-state index in [-0.39, 0.29) is 25.2 Å². The van der Waals surface area contributed by atoms with Crippen LogP contribution < -0.4 is 0 Å². The molecule has 1 unspecified atom stereocenters. The number of fused-ring (bicyclic) bond motifs is 1. The lowest BCUT2D eigenvalue weighted by molar-refractivity contribution is -0.190. The molecule has 0 spiro atoms. The molecule has 28 heavy (non-hydrogen) atoms. The van der Waals surface area contributed by atoms with Crippen LogP contribution in [0.4, 0.5) is 0 Å². The molecule has 1 N–H and O–H groups in total. The number of methoxy groups -OCH3 is 1. The van der Waals surface area contributed by atoms with Crippen molar-refractivity contribution in [2.45, 2.75) is 25.0 Å². The predicted octanol–water partition coefficient (Wildman–Crippen LogP) is 2.53. The topological polar surface area (TPSA) is 66.8 Å². The van der Waals surface area contributed by atoms with Crippen molar-refractivity contribution >= 4 is 11.8 Å². The molecule has 1 aliphatic carbocycles. The zero-order valence-electron chi connectivity index (χ0n) is 16.0. The van der Waals surface area contributed by atoms with E-state index in [9.17, 15) is 14.7 Å². The summed E-state index contributed by atoms with van der Waals surface area (Å²) in [4.78, 5) is 28.1. The van der Waals surface area contributed by atoms with Gasteiger partial charge in [-0.2, -0.15) is 0 Å². The third-order valence-corrected chi connectivity index (χ3v) is 6.42. The molecule has 5 nitrogen and oxygen atoms in total. The molecule has 5 heteroatoms. The Labute approximate surface area is 164 Å². The van der Waals surface area contributed by atoms with Gasteiger partial charge in [0.25, 0.3) is 0 Å². The van der Waals surface area contributed by atoms with Gasteiger partial charge < -0.3 is 9.84 Å². The second-order valence-corrected chi connectivity index (χ2v) is 7.86. The van der Waals surface area contributed by atoms with Gasteiger partial charge in [0, 0.05) is 26.1 Å². The van der Waals surface area contributed by atoms with Crippen LogP contribution in [0.25, 0.3) is 0 Å². The first-order valence-electron chi connectivity index (χ1n) is 9.66. The van der Waals surface area contributed by atoms with Crippen molar-refractivity contribution < 1.29 is 19.4 Å². The summed E-state index contributed by atoms with van der Waals surface area (Å²) >= 11 is 0. The zero-order chi connectivity index (χ0) is 19.8. The van der Waals surface area contributed by atoms with Gasteiger partial charge in [-0.25, -0.2) is 0 Å². The molecule has 0 aromatic heterocycles. The lowest BCUT2D eigenvalue weighted by Crippen LogP contribution is -2.60. The molecule has 1 saturated heterocycles. The molecule has 1 saturated carbocycles. The monoisotopic (exact) mass is 379 g/mol. The van der Waals surface area contributed by atoms with Crippen LogP contribution in [0.3, 0.4) is 0 Å². The second-order valence-electron chi connectivity index (χ2n) is 7.86. The molecule has 1 heterocycles. The number of hydrogen-bond acceptors (Lipinski definition) is 5. The van der Waals surface area contributed by atoms with Crippen molar-refractivity contribution in [2.75, 3.05) is 20.2 Å². The number of benzene rings is 2. The van der Waals surface area contributed by atoms with E-state index in [4.69, 9.17) is 4.74 Å². The largest absolute Gasteiger partial charge is 0.468 e. The molecule has 0 bridgehead atoms. The minimum Gasteiger partial charge on any atom is -0.468 e. The highest BCUT2D eigenvalue weighted by Gasteiger charge is 2.69. The van der Waals surface area contributed by atoms with E-state index in [1.165, 1.54) is 7.11 Å². The van der Waals surface area contributed by atoms with Crippen LogP contribution in [0.15, 0.2) is 60.7 Å². The van der Waals surface area contributed by atoms with E-state index >= 15 is 0 Å². The third-order valence-electron chi connectivity index (χ3n) is 6.42. The van der Waals surface area contributed by atoms with Crippen LogP contribution in [0, 0.1) is 11.3 Å². The van der Waals surface area contributed by atoms with Gasteiger partial charge in [-0.3, -0.25) is 14.5 Å². The Hall–Kier alpha value is -2.50. The number of ketones is 1. The van der Waals surface area contributed by atoms with Gasteiger partial charge in [0.2, 0.25) is 0 Å². The highest BCUT2D eigenvalue weighted by Crippen LogP contribution is 2.56. The van der Waals surface area contributed by atoms with Crippen LogP contribution in [0.5, 0.6) is 0 Å². The SMILES string of the molecule is COC(=O)[C@]12CN(Cc3ccccc3)C[C@H]1C(=O)CCC2(O)c1ccccc1. The highest BCUT2D eigenvalue weighted by atomic mass is 16.5. The summed E-state index contributed by atoms with van der Waals surface area (Å²) in [5.74, 6) is -1.06. The standard InChI is InChI=1S/C23H25NO4/c1-28-21(26)22-16-24(14-17-8-4-2-5-9-17)15-19(22)20(25)12-13-23(22,27)18-10-6-3-7-11-18/h2-11,19,27H,12-16H2,1H3/t19-,22-,23?/m0/s1. The molecular formula is C23H25NO4.